The molecule has 0 aliphatic carbocycles. The van der Waals surface area contributed by atoms with Gasteiger partial charge >= 0.3 is 0 Å². The fraction of sp³-hybridized carbons (Fsp3) is 0.778. The van der Waals surface area contributed by atoms with E-state index >= 15 is 0 Å². The van der Waals surface area contributed by atoms with Gasteiger partial charge in [-0.05, 0) is 26.8 Å². The zero-order valence-corrected chi connectivity index (χ0v) is 7.60. The molecule has 0 spiro atoms. The second-order valence-corrected chi connectivity index (χ2v) is 2.67. The van der Waals surface area contributed by atoms with Crippen molar-refractivity contribution in [3.63, 3.8) is 0 Å². The molecule has 0 fully saturated rings. The lowest BCUT2D eigenvalue weighted by atomic mass is 10.3. The summed E-state index contributed by atoms with van der Waals surface area (Å²) < 4.78 is 5.47. The van der Waals surface area contributed by atoms with Crippen LogP contribution in [0.3, 0.4) is 0 Å². The summed E-state index contributed by atoms with van der Waals surface area (Å²) in [5.74, 6) is 0. The summed E-state index contributed by atoms with van der Waals surface area (Å²) in [6.45, 7) is 7.49. The van der Waals surface area contributed by atoms with Gasteiger partial charge in [0.1, 0.15) is 0 Å². The Kier molecular flexibility index (Phi) is 7.52. The van der Waals surface area contributed by atoms with Crippen LogP contribution in [0.15, 0.2) is 12.7 Å². The molecule has 0 aliphatic heterocycles. The van der Waals surface area contributed by atoms with E-state index in [4.69, 9.17) is 4.74 Å². The second-order valence-electron chi connectivity index (χ2n) is 2.67. The van der Waals surface area contributed by atoms with E-state index in [1.807, 2.05) is 13.1 Å². The summed E-state index contributed by atoms with van der Waals surface area (Å²) in [5, 5.41) is 3.06. The van der Waals surface area contributed by atoms with Crippen molar-refractivity contribution in [2.45, 2.75) is 25.9 Å². The molecule has 0 saturated heterocycles. The highest BCUT2D eigenvalue weighted by Crippen LogP contribution is 1.94. The largest absolute Gasteiger partial charge is 0.377 e. The van der Waals surface area contributed by atoms with Crippen LogP contribution in [0.25, 0.3) is 0 Å². The van der Waals surface area contributed by atoms with Crippen molar-refractivity contribution in [1.29, 1.82) is 0 Å². The van der Waals surface area contributed by atoms with Crippen molar-refractivity contribution in [3.8, 4) is 0 Å². The van der Waals surface area contributed by atoms with Gasteiger partial charge in [-0.25, -0.2) is 0 Å². The molecule has 11 heavy (non-hydrogen) atoms. The van der Waals surface area contributed by atoms with Gasteiger partial charge < -0.3 is 10.1 Å². The Bertz CT molecular complexity index is 93.6. The number of allylic oxidation sites excluding steroid dienone is 1. The molecule has 0 amide bonds. The lowest BCUT2D eigenvalue weighted by Gasteiger charge is -2.11. The molecule has 0 saturated carbocycles. The minimum Gasteiger partial charge on any atom is -0.377 e. The van der Waals surface area contributed by atoms with Crippen LogP contribution < -0.4 is 5.32 Å². The molecule has 0 radical (unpaired) electrons. The van der Waals surface area contributed by atoms with Gasteiger partial charge in [-0.2, -0.15) is 0 Å². The van der Waals surface area contributed by atoms with E-state index in [9.17, 15) is 0 Å². The number of likely N-dealkylation sites (N-methyl/N-ethyl adjacent to an activating group) is 1. The molecule has 0 aliphatic rings. The standard InChI is InChI=1S/C9H19NO/c1-4-5-6-7-11-9(2)8-10-3/h4,9-10H,1,5-8H2,2-3H3. The lowest BCUT2D eigenvalue weighted by Crippen LogP contribution is -2.23. The fourth-order valence-electron chi connectivity index (χ4n) is 0.859. The summed E-state index contributed by atoms with van der Waals surface area (Å²) in [7, 11) is 1.93. The zero-order chi connectivity index (χ0) is 8.53. The van der Waals surface area contributed by atoms with Crippen LogP contribution in [0.5, 0.6) is 0 Å². The first-order valence-electron chi connectivity index (χ1n) is 4.18. The Balaban J connectivity index is 3.03. The van der Waals surface area contributed by atoms with Crippen molar-refractivity contribution in [2.75, 3.05) is 20.2 Å². The van der Waals surface area contributed by atoms with Crippen molar-refractivity contribution in [1.82, 2.24) is 5.32 Å². The minimum absolute atomic E-state index is 0.324. The van der Waals surface area contributed by atoms with Gasteiger partial charge in [0.2, 0.25) is 0 Å². The van der Waals surface area contributed by atoms with Crippen LogP contribution in [-0.2, 0) is 4.74 Å². The third-order valence-electron chi connectivity index (χ3n) is 1.45. The van der Waals surface area contributed by atoms with Gasteiger partial charge in [-0.15, -0.1) is 6.58 Å². The molecular formula is C9H19NO. The van der Waals surface area contributed by atoms with Crippen LogP contribution in [0.1, 0.15) is 19.8 Å². The van der Waals surface area contributed by atoms with E-state index in [-0.39, 0.29) is 0 Å². The average molecular weight is 157 g/mol. The molecule has 0 rings (SSSR count). The number of rotatable bonds is 7. The summed E-state index contributed by atoms with van der Waals surface area (Å²) in [6.07, 6.45) is 4.38. The van der Waals surface area contributed by atoms with E-state index in [0.29, 0.717) is 6.10 Å². The number of nitrogens with one attached hydrogen (secondary N) is 1. The Morgan fingerprint density at radius 1 is 1.64 bits per heavy atom. The summed E-state index contributed by atoms with van der Waals surface area (Å²) in [5.41, 5.74) is 0. The normalized spacial score (nSPS) is 12.9. The number of ether oxygens (including phenoxy) is 1. The summed E-state index contributed by atoms with van der Waals surface area (Å²) >= 11 is 0. The third kappa shape index (κ3) is 7.56. The zero-order valence-electron chi connectivity index (χ0n) is 7.60. The van der Waals surface area contributed by atoms with Gasteiger partial charge in [-0.3, -0.25) is 0 Å². The SMILES string of the molecule is C=CCCCOC(C)CNC. The van der Waals surface area contributed by atoms with Crippen LogP contribution in [0.4, 0.5) is 0 Å². The maximum atomic E-state index is 5.47. The van der Waals surface area contributed by atoms with E-state index in [1.165, 1.54) is 0 Å². The van der Waals surface area contributed by atoms with Crippen LogP contribution >= 0.6 is 0 Å². The van der Waals surface area contributed by atoms with Crippen LogP contribution in [0.2, 0.25) is 0 Å². The predicted octanol–water partition coefficient (Wildman–Crippen LogP) is 1.58. The van der Waals surface area contributed by atoms with Gasteiger partial charge in [0.15, 0.2) is 0 Å². The first-order chi connectivity index (χ1) is 5.31. The number of unbranched alkanes of at least 4 members (excludes halogenated alkanes) is 1. The minimum atomic E-state index is 0.324. The molecule has 0 aromatic rings. The van der Waals surface area contributed by atoms with E-state index in [2.05, 4.69) is 18.8 Å². The topological polar surface area (TPSA) is 21.3 Å². The average Bonchev–Trinajstić information content (AvgIpc) is 1.99. The summed E-state index contributed by atoms with van der Waals surface area (Å²) in [4.78, 5) is 0. The summed E-state index contributed by atoms with van der Waals surface area (Å²) in [6, 6.07) is 0. The fourth-order valence-corrected chi connectivity index (χ4v) is 0.859. The van der Waals surface area contributed by atoms with Crippen molar-refractivity contribution in [2.24, 2.45) is 0 Å². The highest BCUT2D eigenvalue weighted by atomic mass is 16.5. The molecule has 1 atom stereocenters. The van der Waals surface area contributed by atoms with Crippen molar-refractivity contribution < 1.29 is 4.74 Å². The van der Waals surface area contributed by atoms with E-state index < -0.39 is 0 Å². The first kappa shape index (κ1) is 10.7. The molecule has 66 valence electrons. The third-order valence-corrected chi connectivity index (χ3v) is 1.45. The Labute approximate surface area is 69.6 Å². The van der Waals surface area contributed by atoms with Crippen LogP contribution in [-0.4, -0.2) is 26.3 Å². The van der Waals surface area contributed by atoms with E-state index in [1.54, 1.807) is 0 Å². The van der Waals surface area contributed by atoms with Gasteiger partial charge in [0.05, 0.1) is 6.10 Å². The predicted molar refractivity (Wildman–Crippen MR) is 48.8 cm³/mol. The molecule has 0 aromatic heterocycles. The molecule has 0 heterocycles. The highest BCUT2D eigenvalue weighted by molar-refractivity contribution is 4.65. The second kappa shape index (κ2) is 7.76. The Morgan fingerprint density at radius 2 is 2.36 bits per heavy atom. The Hall–Kier alpha value is -0.340. The molecular weight excluding hydrogens is 138 g/mol. The maximum Gasteiger partial charge on any atom is 0.0671 e. The lowest BCUT2D eigenvalue weighted by molar-refractivity contribution is 0.0660. The van der Waals surface area contributed by atoms with Gasteiger partial charge in [-0.1, -0.05) is 6.08 Å². The monoisotopic (exact) mass is 157 g/mol. The van der Waals surface area contributed by atoms with Crippen LogP contribution in [0, 0.1) is 0 Å². The molecule has 0 bridgehead atoms. The van der Waals surface area contributed by atoms with E-state index in [0.717, 1.165) is 26.0 Å². The first-order valence-corrected chi connectivity index (χ1v) is 4.18. The number of hydrogen-bond acceptors (Lipinski definition) is 2. The molecule has 1 N–H and O–H groups in total. The smallest absolute Gasteiger partial charge is 0.0671 e. The van der Waals surface area contributed by atoms with Crippen molar-refractivity contribution >= 4 is 0 Å². The van der Waals surface area contributed by atoms with Gasteiger partial charge in [0, 0.05) is 13.2 Å². The molecule has 2 nitrogen and oxygen atoms in total. The van der Waals surface area contributed by atoms with Gasteiger partial charge in [0.25, 0.3) is 0 Å². The maximum absolute atomic E-state index is 5.47. The highest BCUT2D eigenvalue weighted by Gasteiger charge is 1.97. The molecule has 1 unspecified atom stereocenters. The quantitative estimate of drug-likeness (QED) is 0.447. The Morgan fingerprint density at radius 3 is 2.91 bits per heavy atom. The molecule has 2 heteroatoms. The molecule has 0 aromatic carbocycles. The number of hydrogen-bond donors (Lipinski definition) is 1. The van der Waals surface area contributed by atoms with Crippen molar-refractivity contribution in [3.05, 3.63) is 12.7 Å².